The summed E-state index contributed by atoms with van der Waals surface area (Å²) in [6, 6.07) is 3.57. The van der Waals surface area contributed by atoms with E-state index in [0.717, 1.165) is 4.90 Å². The van der Waals surface area contributed by atoms with Gasteiger partial charge in [0.15, 0.2) is 23.1 Å². The first-order valence-corrected chi connectivity index (χ1v) is 9.46. The summed E-state index contributed by atoms with van der Waals surface area (Å²) in [6.07, 6.45) is 6.64. The molecule has 0 aromatic carbocycles. The predicted molar refractivity (Wildman–Crippen MR) is 115 cm³/mol. The van der Waals surface area contributed by atoms with E-state index < -0.39 is 12.3 Å². The molecule has 1 aliphatic carbocycles. The molecule has 0 spiro atoms. The average molecular weight is 424 g/mol. The van der Waals surface area contributed by atoms with Gasteiger partial charge in [-0.1, -0.05) is 24.3 Å². The SMILES string of the molecule is COC(=O)N(C)c1c(N)nc(-c2nn(CC3C=CC=CC3F)c3ncccc23)nc1N. The topological polar surface area (TPSA) is 138 Å². The summed E-state index contributed by atoms with van der Waals surface area (Å²) >= 11 is 0. The molecule has 4 N–H and O–H groups in total. The van der Waals surface area contributed by atoms with Crippen molar-refractivity contribution in [1.82, 2.24) is 24.7 Å². The van der Waals surface area contributed by atoms with Gasteiger partial charge in [-0.3, -0.25) is 4.90 Å². The number of ether oxygens (including phenoxy) is 1. The molecule has 2 unspecified atom stereocenters. The lowest BCUT2D eigenvalue weighted by molar-refractivity contribution is 0.180. The number of allylic oxidation sites excluding steroid dienone is 4. The average Bonchev–Trinajstić information content (AvgIpc) is 3.12. The fourth-order valence-electron chi connectivity index (χ4n) is 3.46. The van der Waals surface area contributed by atoms with Gasteiger partial charge in [0, 0.05) is 19.2 Å². The Bertz CT molecular complexity index is 1180. The van der Waals surface area contributed by atoms with E-state index in [-0.39, 0.29) is 35.6 Å². The summed E-state index contributed by atoms with van der Waals surface area (Å²) < 4.78 is 20.6. The molecule has 0 fully saturated rings. The molecule has 4 rings (SSSR count). The lowest BCUT2D eigenvalue weighted by atomic mass is 9.99. The Morgan fingerprint density at radius 3 is 2.65 bits per heavy atom. The number of anilines is 3. The van der Waals surface area contributed by atoms with Crippen molar-refractivity contribution in [2.45, 2.75) is 12.7 Å². The second-order valence-corrected chi connectivity index (χ2v) is 6.98. The number of nitrogen functional groups attached to an aromatic ring is 2. The van der Waals surface area contributed by atoms with Crippen molar-refractivity contribution in [3.05, 3.63) is 42.6 Å². The van der Waals surface area contributed by atoms with Crippen molar-refractivity contribution in [2.24, 2.45) is 5.92 Å². The number of nitrogens with zero attached hydrogens (tertiary/aromatic N) is 6. The number of hydrogen-bond acceptors (Lipinski definition) is 8. The number of fused-ring (bicyclic) bond motifs is 1. The van der Waals surface area contributed by atoms with Crippen LogP contribution >= 0.6 is 0 Å². The van der Waals surface area contributed by atoms with Crippen LogP contribution in [0.25, 0.3) is 22.6 Å². The summed E-state index contributed by atoms with van der Waals surface area (Å²) in [6.45, 7) is 0.281. The van der Waals surface area contributed by atoms with Gasteiger partial charge in [-0.25, -0.2) is 28.8 Å². The second kappa shape index (κ2) is 8.01. The highest BCUT2D eigenvalue weighted by Gasteiger charge is 2.25. The molecule has 1 amide bonds. The summed E-state index contributed by atoms with van der Waals surface area (Å²) in [4.78, 5) is 26.0. The van der Waals surface area contributed by atoms with Gasteiger partial charge >= 0.3 is 6.09 Å². The lowest BCUT2D eigenvalue weighted by Gasteiger charge is -2.18. The van der Waals surface area contributed by atoms with Gasteiger partial charge in [-0.05, 0) is 12.1 Å². The van der Waals surface area contributed by atoms with Crippen LogP contribution in [0.15, 0.2) is 42.6 Å². The van der Waals surface area contributed by atoms with E-state index in [2.05, 4.69) is 24.8 Å². The highest BCUT2D eigenvalue weighted by atomic mass is 19.1. The molecule has 0 bridgehead atoms. The Morgan fingerprint density at radius 2 is 1.97 bits per heavy atom. The maximum atomic E-state index is 14.3. The Balaban J connectivity index is 1.77. The maximum Gasteiger partial charge on any atom is 0.413 e. The summed E-state index contributed by atoms with van der Waals surface area (Å²) in [5, 5.41) is 5.25. The molecular weight excluding hydrogens is 403 g/mol. The van der Waals surface area contributed by atoms with Gasteiger partial charge in [0.05, 0.1) is 19.0 Å². The van der Waals surface area contributed by atoms with E-state index in [9.17, 15) is 9.18 Å². The number of pyridine rings is 1. The number of nitrogens with two attached hydrogens (primary N) is 2. The fraction of sp³-hybridized carbons (Fsp3) is 0.250. The zero-order valence-corrected chi connectivity index (χ0v) is 16.9. The van der Waals surface area contributed by atoms with Gasteiger partial charge in [-0.15, -0.1) is 0 Å². The molecule has 0 saturated carbocycles. The Hall–Kier alpha value is -4.02. The van der Waals surface area contributed by atoms with Crippen molar-refractivity contribution in [2.75, 3.05) is 30.5 Å². The Labute approximate surface area is 177 Å². The van der Waals surface area contributed by atoms with E-state index in [1.54, 1.807) is 29.1 Å². The molecule has 2 atom stereocenters. The Kier molecular flexibility index (Phi) is 5.24. The standard InChI is InChI=1S/C20H21FN8O2/c1-28(20(30)31-2)15-16(22)25-18(26-17(15)23)14-12-7-5-9-24-19(12)29(27-14)10-11-6-3-4-8-13(11)21/h3-9,11,13H,10H2,1-2H3,(H4,22,23,25,26). The van der Waals surface area contributed by atoms with Crippen molar-refractivity contribution < 1.29 is 13.9 Å². The molecule has 10 nitrogen and oxygen atoms in total. The number of methoxy groups -OCH3 is 1. The van der Waals surface area contributed by atoms with Crippen LogP contribution in [0.4, 0.5) is 26.5 Å². The molecule has 31 heavy (non-hydrogen) atoms. The summed E-state index contributed by atoms with van der Waals surface area (Å²) in [7, 11) is 2.69. The van der Waals surface area contributed by atoms with Crippen LogP contribution in [0, 0.1) is 5.92 Å². The predicted octanol–water partition coefficient (Wildman–Crippen LogP) is 2.34. The van der Waals surface area contributed by atoms with Crippen LogP contribution in [0.2, 0.25) is 0 Å². The third-order valence-corrected chi connectivity index (χ3v) is 5.00. The number of amides is 1. The number of halogens is 1. The molecule has 0 radical (unpaired) electrons. The number of alkyl halides is 1. The summed E-state index contributed by atoms with van der Waals surface area (Å²) in [5.41, 5.74) is 13.2. The first kappa shape index (κ1) is 20.3. The van der Waals surface area contributed by atoms with Crippen LogP contribution < -0.4 is 16.4 Å². The second-order valence-electron chi connectivity index (χ2n) is 6.98. The quantitative estimate of drug-likeness (QED) is 0.651. The van der Waals surface area contributed by atoms with E-state index in [1.165, 1.54) is 20.2 Å². The fourth-order valence-corrected chi connectivity index (χ4v) is 3.46. The first-order valence-electron chi connectivity index (χ1n) is 9.46. The highest BCUT2D eigenvalue weighted by molar-refractivity contribution is 5.96. The molecule has 11 heteroatoms. The zero-order valence-electron chi connectivity index (χ0n) is 16.9. The molecule has 0 saturated heterocycles. The Morgan fingerprint density at radius 1 is 1.26 bits per heavy atom. The van der Waals surface area contributed by atoms with E-state index in [4.69, 9.17) is 11.5 Å². The minimum absolute atomic E-state index is 0.00818. The van der Waals surface area contributed by atoms with Gasteiger partial charge in [0.25, 0.3) is 0 Å². The number of carbonyl (C=O) groups excluding carboxylic acids is 1. The molecule has 3 aromatic rings. The van der Waals surface area contributed by atoms with Crippen LogP contribution in [0.3, 0.4) is 0 Å². The van der Waals surface area contributed by atoms with Crippen molar-refractivity contribution in [1.29, 1.82) is 0 Å². The molecule has 3 heterocycles. The molecule has 1 aliphatic rings. The minimum atomic E-state index is -1.12. The third-order valence-electron chi connectivity index (χ3n) is 5.00. The smallest absolute Gasteiger partial charge is 0.413 e. The molecular formula is C20H21FN8O2. The highest BCUT2D eigenvalue weighted by Crippen LogP contribution is 2.32. The lowest BCUT2D eigenvalue weighted by Crippen LogP contribution is -2.28. The maximum absolute atomic E-state index is 14.3. The van der Waals surface area contributed by atoms with Gasteiger partial charge in [-0.2, -0.15) is 5.10 Å². The number of aromatic nitrogens is 5. The molecule has 0 aliphatic heterocycles. The molecule has 160 valence electrons. The van der Waals surface area contributed by atoms with Crippen LogP contribution in [0.1, 0.15) is 0 Å². The van der Waals surface area contributed by atoms with Gasteiger partial charge in [0.1, 0.15) is 17.6 Å². The summed E-state index contributed by atoms with van der Waals surface area (Å²) in [5.74, 6) is -0.225. The minimum Gasteiger partial charge on any atom is -0.452 e. The van der Waals surface area contributed by atoms with Crippen molar-refractivity contribution in [3.8, 4) is 11.5 Å². The van der Waals surface area contributed by atoms with Gasteiger partial charge < -0.3 is 16.2 Å². The van der Waals surface area contributed by atoms with Gasteiger partial charge in [0.2, 0.25) is 0 Å². The number of hydrogen-bond donors (Lipinski definition) is 2. The largest absolute Gasteiger partial charge is 0.452 e. The zero-order chi connectivity index (χ0) is 22.1. The number of carbonyl (C=O) groups is 1. The van der Waals surface area contributed by atoms with E-state index in [1.807, 2.05) is 12.1 Å². The molecule has 3 aromatic heterocycles. The van der Waals surface area contributed by atoms with E-state index >= 15 is 0 Å². The van der Waals surface area contributed by atoms with E-state index in [0.29, 0.717) is 16.7 Å². The van der Waals surface area contributed by atoms with Crippen LogP contribution in [-0.2, 0) is 11.3 Å². The first-order chi connectivity index (χ1) is 14.9. The van der Waals surface area contributed by atoms with Crippen molar-refractivity contribution >= 4 is 34.4 Å². The monoisotopic (exact) mass is 424 g/mol. The van der Waals surface area contributed by atoms with Crippen LogP contribution in [-0.4, -0.2) is 51.2 Å². The van der Waals surface area contributed by atoms with Crippen LogP contribution in [0.5, 0.6) is 0 Å². The normalized spacial score (nSPS) is 17.8. The third kappa shape index (κ3) is 3.65. The number of rotatable bonds is 4. The van der Waals surface area contributed by atoms with Crippen molar-refractivity contribution in [3.63, 3.8) is 0 Å².